The van der Waals surface area contributed by atoms with E-state index in [9.17, 15) is 4.79 Å². The molecule has 0 unspecified atom stereocenters. The molecule has 3 aliphatic carbocycles. The van der Waals surface area contributed by atoms with Gasteiger partial charge in [0, 0.05) is 18.5 Å². The molecule has 3 fully saturated rings. The first-order valence-corrected chi connectivity index (χ1v) is 20.2. The van der Waals surface area contributed by atoms with E-state index >= 15 is 0 Å². The normalized spacial score (nSPS) is 20.4. The smallest absolute Gasteiger partial charge is 0.358 e. The minimum atomic E-state index is -0.703. The van der Waals surface area contributed by atoms with Crippen molar-refractivity contribution in [2.45, 2.75) is 148 Å². The van der Waals surface area contributed by atoms with Crippen molar-refractivity contribution in [1.29, 1.82) is 0 Å². The molecule has 0 atom stereocenters. The van der Waals surface area contributed by atoms with Crippen LogP contribution < -0.4 is 0 Å². The monoisotopic (exact) mass is 688 g/mol. The maximum absolute atomic E-state index is 13.0. The van der Waals surface area contributed by atoms with Crippen molar-refractivity contribution in [3.05, 3.63) is 71.3 Å². The molecular formula is C43H56N6O2. The molecule has 2 aromatic carbocycles. The highest BCUT2D eigenvalue weighted by molar-refractivity contribution is 5.92. The van der Waals surface area contributed by atoms with Crippen molar-refractivity contribution in [3.63, 3.8) is 0 Å². The topological polar surface area (TPSA) is 87.7 Å². The number of hydrogen-bond donors (Lipinski definition) is 0. The van der Waals surface area contributed by atoms with E-state index in [1.165, 1.54) is 96.3 Å². The number of tetrazole rings is 1. The summed E-state index contributed by atoms with van der Waals surface area (Å²) in [6.07, 6.45) is 21.6. The maximum Gasteiger partial charge on any atom is 0.358 e. The average Bonchev–Trinajstić information content (AvgIpc) is 3.85. The molecule has 0 saturated heterocycles. The van der Waals surface area contributed by atoms with Gasteiger partial charge in [0.05, 0.1) is 5.54 Å². The van der Waals surface area contributed by atoms with Crippen LogP contribution in [0.3, 0.4) is 0 Å². The standard InChI is InChI=1S/C43H56N6O2/c1-4-16-37-44-39-38(41(50)51-42(39,2)3)48(37)29-30-25-27-31(28-26-30)35-23-14-15-24-36(35)40-45-46-47-49(40)43(32-17-8-5-9-18-32,33-19-10-6-11-20-33)34-21-12-7-13-22-34/h14-15,23-28,32-34H,4-13,16-22,29H2,1-3H3. The minimum absolute atomic E-state index is 0.0337. The van der Waals surface area contributed by atoms with Gasteiger partial charge in [-0.2, -0.15) is 0 Å². The van der Waals surface area contributed by atoms with E-state index in [2.05, 4.69) is 69.9 Å². The fourth-order valence-corrected chi connectivity index (χ4v) is 10.8. The molecule has 270 valence electrons. The molecule has 0 spiro atoms. The number of cyclic esters (lactones) is 1. The van der Waals surface area contributed by atoms with Gasteiger partial charge >= 0.3 is 5.97 Å². The maximum atomic E-state index is 13.0. The Morgan fingerprint density at radius 2 is 1.35 bits per heavy atom. The molecule has 8 rings (SSSR count). The molecule has 1 aliphatic heterocycles. The fourth-order valence-electron chi connectivity index (χ4n) is 10.8. The highest BCUT2D eigenvalue weighted by atomic mass is 16.6. The Kier molecular flexibility index (Phi) is 9.62. The lowest BCUT2D eigenvalue weighted by Crippen LogP contribution is -2.55. The Bertz CT molecular complexity index is 1770. The Morgan fingerprint density at radius 1 is 0.784 bits per heavy atom. The van der Waals surface area contributed by atoms with E-state index in [1.807, 2.05) is 13.8 Å². The third-order valence-corrected chi connectivity index (χ3v) is 13.0. The van der Waals surface area contributed by atoms with Gasteiger partial charge in [0.15, 0.2) is 17.1 Å². The van der Waals surface area contributed by atoms with Crippen molar-refractivity contribution in [1.82, 2.24) is 29.8 Å². The number of fused-ring (bicyclic) bond motifs is 1. The molecule has 0 amide bonds. The lowest BCUT2D eigenvalue weighted by Gasteiger charge is -2.54. The van der Waals surface area contributed by atoms with Gasteiger partial charge in [0.2, 0.25) is 0 Å². The molecule has 0 N–H and O–H groups in total. The van der Waals surface area contributed by atoms with Gasteiger partial charge in [0.25, 0.3) is 0 Å². The zero-order valence-corrected chi connectivity index (χ0v) is 31.1. The number of rotatable bonds is 10. The molecule has 4 aromatic rings. The second kappa shape index (κ2) is 14.3. The first kappa shape index (κ1) is 34.3. The van der Waals surface area contributed by atoms with Gasteiger partial charge in [-0.25, -0.2) is 14.5 Å². The van der Waals surface area contributed by atoms with Crippen LogP contribution in [0.5, 0.6) is 0 Å². The highest BCUT2D eigenvalue weighted by Crippen LogP contribution is 2.56. The molecule has 0 bridgehead atoms. The number of hydrogen-bond acceptors (Lipinski definition) is 6. The minimum Gasteiger partial charge on any atom is -0.448 e. The Labute approximate surface area is 303 Å². The zero-order valence-electron chi connectivity index (χ0n) is 31.1. The van der Waals surface area contributed by atoms with Crippen LogP contribution in [0.4, 0.5) is 0 Å². The second-order valence-electron chi connectivity index (χ2n) is 16.5. The summed E-state index contributed by atoms with van der Waals surface area (Å²) in [6.45, 7) is 6.58. The summed E-state index contributed by atoms with van der Waals surface area (Å²) in [5.41, 5.74) is 5.16. The van der Waals surface area contributed by atoms with Crippen molar-refractivity contribution in [2.75, 3.05) is 0 Å². The highest BCUT2D eigenvalue weighted by Gasteiger charge is 2.54. The van der Waals surface area contributed by atoms with Crippen LogP contribution in [0, 0.1) is 17.8 Å². The predicted octanol–water partition coefficient (Wildman–Crippen LogP) is 10.0. The van der Waals surface area contributed by atoms with Crippen molar-refractivity contribution in [2.24, 2.45) is 17.8 Å². The van der Waals surface area contributed by atoms with Crippen LogP contribution in [0.25, 0.3) is 22.5 Å². The number of aryl methyl sites for hydroxylation is 1. The zero-order chi connectivity index (χ0) is 35.0. The van der Waals surface area contributed by atoms with Gasteiger partial charge in [-0.05, 0) is 104 Å². The largest absolute Gasteiger partial charge is 0.448 e. The van der Waals surface area contributed by atoms with E-state index in [1.54, 1.807) is 0 Å². The molecule has 0 radical (unpaired) electrons. The number of imidazole rings is 1. The van der Waals surface area contributed by atoms with Crippen molar-refractivity contribution in [3.8, 4) is 22.5 Å². The Balaban J connectivity index is 1.17. The fraction of sp³-hybridized carbons (Fsp3) is 0.605. The van der Waals surface area contributed by atoms with E-state index in [4.69, 9.17) is 20.0 Å². The summed E-state index contributed by atoms with van der Waals surface area (Å²) in [7, 11) is 0. The van der Waals surface area contributed by atoms with Gasteiger partial charge in [-0.1, -0.05) is 113 Å². The summed E-state index contributed by atoms with van der Waals surface area (Å²) < 4.78 is 10.2. The lowest BCUT2D eigenvalue weighted by molar-refractivity contribution is -0.0443. The second-order valence-corrected chi connectivity index (χ2v) is 16.5. The van der Waals surface area contributed by atoms with Crippen molar-refractivity contribution < 1.29 is 9.53 Å². The number of aromatic nitrogens is 6. The van der Waals surface area contributed by atoms with E-state index in [-0.39, 0.29) is 11.5 Å². The molecule has 51 heavy (non-hydrogen) atoms. The first-order valence-electron chi connectivity index (χ1n) is 20.2. The van der Waals surface area contributed by atoms with Crippen LogP contribution >= 0.6 is 0 Å². The summed E-state index contributed by atoms with van der Waals surface area (Å²) in [4.78, 5) is 17.9. The SMILES string of the molecule is CCCc1nc2c(n1Cc1ccc(-c3ccccc3-c3nnnn3C(C3CCCCC3)(C3CCCCC3)C3CCCCC3)cc1)C(=O)OC2(C)C. The van der Waals surface area contributed by atoms with E-state index < -0.39 is 5.60 Å². The number of nitrogens with zero attached hydrogens (tertiary/aromatic N) is 6. The number of carbonyl (C=O) groups excluding carboxylic acids is 1. The van der Waals surface area contributed by atoms with Gasteiger partial charge in [0.1, 0.15) is 11.5 Å². The molecule has 8 heteroatoms. The molecule has 3 saturated carbocycles. The quantitative estimate of drug-likeness (QED) is 0.154. The Hall–Kier alpha value is -3.81. The van der Waals surface area contributed by atoms with Crippen LogP contribution in [0.15, 0.2) is 48.5 Å². The van der Waals surface area contributed by atoms with Crippen LogP contribution in [0.2, 0.25) is 0 Å². The summed E-state index contributed by atoms with van der Waals surface area (Å²) in [5, 5.41) is 14.5. The Morgan fingerprint density at radius 3 is 1.92 bits per heavy atom. The molecule has 4 aliphatic rings. The molecule has 3 heterocycles. The molecule has 2 aromatic heterocycles. The van der Waals surface area contributed by atoms with Crippen LogP contribution in [0.1, 0.15) is 151 Å². The van der Waals surface area contributed by atoms with Crippen molar-refractivity contribution >= 4 is 5.97 Å². The van der Waals surface area contributed by atoms with Gasteiger partial charge in [-0.15, -0.1) is 5.10 Å². The molecule has 8 nitrogen and oxygen atoms in total. The first-order chi connectivity index (χ1) is 24.9. The third kappa shape index (κ3) is 6.14. The number of carbonyl (C=O) groups is 1. The summed E-state index contributed by atoms with van der Waals surface area (Å²) in [5.74, 6) is 3.48. The summed E-state index contributed by atoms with van der Waals surface area (Å²) >= 11 is 0. The average molecular weight is 689 g/mol. The number of benzene rings is 2. The van der Waals surface area contributed by atoms with Gasteiger partial charge in [-0.3, -0.25) is 0 Å². The number of esters is 1. The van der Waals surface area contributed by atoms with Gasteiger partial charge < -0.3 is 9.30 Å². The van der Waals surface area contributed by atoms with Crippen LogP contribution in [-0.2, 0) is 28.8 Å². The van der Waals surface area contributed by atoms with Crippen LogP contribution in [-0.4, -0.2) is 35.7 Å². The van der Waals surface area contributed by atoms with E-state index in [0.717, 1.165) is 52.4 Å². The third-order valence-electron chi connectivity index (χ3n) is 13.0. The predicted molar refractivity (Wildman–Crippen MR) is 200 cm³/mol. The lowest BCUT2D eigenvalue weighted by atomic mass is 9.56. The van der Waals surface area contributed by atoms with E-state index in [0.29, 0.717) is 30.0 Å². The number of ether oxygens (including phenoxy) is 1. The summed E-state index contributed by atoms with van der Waals surface area (Å²) in [6, 6.07) is 17.6. The molecular weight excluding hydrogens is 633 g/mol.